The first kappa shape index (κ1) is 87.3. The van der Waals surface area contributed by atoms with Crippen LogP contribution in [0.3, 0.4) is 0 Å². The second-order valence-corrected chi connectivity index (χ2v) is 33.0. The molecule has 0 radical (unpaired) electrons. The smallest absolute Gasteiger partial charge is 0.328 e. The Morgan fingerprint density at radius 3 is 2.00 bits per heavy atom. The molecular weight excluding hydrogens is 1610 g/mol. The van der Waals surface area contributed by atoms with Gasteiger partial charge in [-0.2, -0.15) is 0 Å². The van der Waals surface area contributed by atoms with Gasteiger partial charge in [0.25, 0.3) is 17.4 Å². The van der Waals surface area contributed by atoms with Crippen LogP contribution in [0, 0.1) is 11.8 Å². The summed E-state index contributed by atoms with van der Waals surface area (Å²) in [7, 11) is 3.26. The summed E-state index contributed by atoms with van der Waals surface area (Å²) < 4.78 is 32.3. The Morgan fingerprint density at radius 1 is 0.667 bits per heavy atom. The number of carbonyl (C=O) groups excluding carboxylic acids is 9. The SMILES string of the molecule is COc1ccc(C#CCNC2(C)CCN(C3CCN(c4nc(C(COCNC(=O)CNC(=O)[C@H](Cc5ccccc5)NC(=O)CNC(=O)CNC(=O)CCOCCOCCN5C(=O)C(Sc6ccccc6)=C(Sc6ccccc6)C5=O)(OC5CC5)c5ccccc5)c5cc(-c6cn(C)c(=O)c7[nH]ccc67)ccc5n4)CC3)CC2)cc1N1CCC(=O)NC1=O. The van der Waals surface area contributed by atoms with Crippen LogP contribution in [0.2, 0.25) is 0 Å². The minimum absolute atomic E-state index is 0.00290. The van der Waals surface area contributed by atoms with Crippen molar-refractivity contribution in [1.82, 2.24) is 66.5 Å². The van der Waals surface area contributed by atoms with E-state index in [4.69, 9.17) is 33.7 Å². The molecule has 6 aromatic carbocycles. The third-order valence-electron chi connectivity index (χ3n) is 22.2. The van der Waals surface area contributed by atoms with Gasteiger partial charge in [0, 0.05) is 115 Å². The number of amides is 10. The van der Waals surface area contributed by atoms with E-state index in [1.165, 1.54) is 33.3 Å². The lowest BCUT2D eigenvalue weighted by Crippen LogP contribution is -2.55. The first-order valence-electron chi connectivity index (χ1n) is 41.2. The number of ether oxygens (including phenoxy) is 5. The van der Waals surface area contributed by atoms with Gasteiger partial charge < -0.3 is 74.9 Å². The number of piperidine rings is 2. The second kappa shape index (κ2) is 41.2. The topological polar surface area (TPSA) is 361 Å². The largest absolute Gasteiger partial charge is 0.495 e. The van der Waals surface area contributed by atoms with Crippen molar-refractivity contribution in [3.63, 3.8) is 0 Å². The van der Waals surface area contributed by atoms with Gasteiger partial charge in [-0.15, -0.1) is 0 Å². The highest BCUT2D eigenvalue weighted by Gasteiger charge is 2.46. The van der Waals surface area contributed by atoms with Gasteiger partial charge in [0.05, 0.1) is 106 Å². The Bertz CT molecular complexity index is 5440. The maximum absolute atomic E-state index is 14.0. The molecular formula is C91H99N15O15S2. The summed E-state index contributed by atoms with van der Waals surface area (Å²) in [5.74, 6) is 3.33. The fourth-order valence-electron chi connectivity index (χ4n) is 15.3. The summed E-state index contributed by atoms with van der Waals surface area (Å²) in [6.07, 6.45) is 8.71. The fourth-order valence-corrected chi connectivity index (χ4v) is 17.3. The highest BCUT2D eigenvalue weighted by atomic mass is 32.2. The van der Waals surface area contributed by atoms with Gasteiger partial charge in [0.2, 0.25) is 41.4 Å². The Kier molecular flexibility index (Phi) is 29.2. The molecule has 3 saturated heterocycles. The molecule has 14 rings (SSSR count). The van der Waals surface area contributed by atoms with Gasteiger partial charge in [-0.25, -0.2) is 14.8 Å². The van der Waals surface area contributed by atoms with Crippen molar-refractivity contribution in [3.05, 3.63) is 219 Å². The highest BCUT2D eigenvalue weighted by molar-refractivity contribution is 8.08. The summed E-state index contributed by atoms with van der Waals surface area (Å²) >= 11 is 2.49. The minimum atomic E-state index is -1.39. The average Bonchev–Trinajstić information content (AvgIpc) is 1.60. The Labute approximate surface area is 720 Å². The first-order valence-corrected chi connectivity index (χ1v) is 42.9. The molecule has 640 valence electrons. The molecule has 4 aliphatic heterocycles. The van der Waals surface area contributed by atoms with Gasteiger partial charge in [0.1, 0.15) is 24.0 Å². The standard InChI is InChI=1S/C91H99N15O15S2/c1-90(97-39-16-19-61-26-31-74(117-3)73(52-61)105-43-35-76(108)100-89(105)116)37-44-103(45-38-90)64-33-41-104(42-34-64)88-99-71-30-27-62(70-57-102(2)85(113)80-68(70)32-40-92-80)53-69(71)83(101-88)91(121-65-28-29-65,63-20-10-5-11-21-63)58-120-59-96-78(110)55-95-84(112)72(51-60-17-8-4-9-18-60)98-79(111)56-94-77(109)54-93-75(107)36-47-118-49-50-119-48-46-106-86(114)81(122-66-22-12-6-13-23-66)82(87(106)115)123-67-24-14-7-15-25-67/h4-15,17-18,20-27,30-32,40,52-53,57,64-65,72,92,97H,28-29,33-39,41-51,54-56,58-59H2,1-3H3,(H,93,107)(H,94,109)(H,95,112)(H,96,110)(H,98,111)(H,100,108,116)/t72-,91?/m0/s1. The van der Waals surface area contributed by atoms with Gasteiger partial charge in [-0.3, -0.25) is 58.3 Å². The minimum Gasteiger partial charge on any atom is -0.495 e. The van der Waals surface area contributed by atoms with Crippen molar-refractivity contribution in [3.8, 4) is 28.7 Å². The molecule has 4 fully saturated rings. The van der Waals surface area contributed by atoms with Crippen LogP contribution in [0.5, 0.6) is 5.75 Å². The summed E-state index contributed by atoms with van der Waals surface area (Å²) in [4.78, 5) is 156. The number of nitrogens with zero attached hydrogens (tertiary/aromatic N) is 7. The number of aromatic nitrogens is 4. The van der Waals surface area contributed by atoms with E-state index in [0.29, 0.717) is 80.5 Å². The molecule has 5 aliphatic rings. The third kappa shape index (κ3) is 22.4. The van der Waals surface area contributed by atoms with Gasteiger partial charge in [0.15, 0.2) is 5.60 Å². The molecule has 2 atom stereocenters. The number of benzene rings is 6. The number of fused-ring (bicyclic) bond motifs is 2. The number of urea groups is 1. The first-order chi connectivity index (χ1) is 59.8. The number of thioether (sulfide) groups is 2. The lowest BCUT2D eigenvalue weighted by molar-refractivity contribution is -0.138. The van der Waals surface area contributed by atoms with Crippen LogP contribution >= 0.6 is 23.5 Å². The number of aryl methyl sites for hydroxylation is 1. The van der Waals surface area contributed by atoms with Gasteiger partial charge in [-0.05, 0) is 123 Å². The van der Waals surface area contributed by atoms with E-state index in [0.717, 1.165) is 89.0 Å². The van der Waals surface area contributed by atoms with Crippen molar-refractivity contribution >= 4 is 110 Å². The zero-order valence-corrected chi connectivity index (χ0v) is 70.4. The number of pyridine rings is 1. The molecule has 1 unspecified atom stereocenters. The monoisotopic (exact) mass is 1710 g/mol. The Morgan fingerprint density at radius 2 is 1.32 bits per heavy atom. The Hall–Kier alpha value is -12.1. The molecule has 123 heavy (non-hydrogen) atoms. The number of H-pyrrole nitrogens is 1. The van der Waals surface area contributed by atoms with Crippen molar-refractivity contribution in [1.29, 1.82) is 0 Å². The van der Waals surface area contributed by atoms with Crippen LogP contribution in [0.25, 0.3) is 32.9 Å². The third-order valence-corrected chi connectivity index (χ3v) is 24.5. The van der Waals surface area contributed by atoms with Gasteiger partial charge in [-0.1, -0.05) is 138 Å². The molecule has 7 heterocycles. The number of carbonyl (C=O) groups is 9. The fraction of sp³-hybridized carbons (Fsp3) is 0.363. The van der Waals surface area contributed by atoms with E-state index < -0.39 is 78.7 Å². The molecule has 32 heteroatoms. The van der Waals surface area contributed by atoms with E-state index in [1.54, 1.807) is 55.3 Å². The molecule has 10 amide bonds. The molecule has 30 nitrogen and oxygen atoms in total. The van der Waals surface area contributed by atoms with E-state index in [9.17, 15) is 47.9 Å². The summed E-state index contributed by atoms with van der Waals surface area (Å²) in [5, 5.41) is 20.6. The predicted molar refractivity (Wildman–Crippen MR) is 466 cm³/mol. The zero-order valence-electron chi connectivity index (χ0n) is 68.7. The van der Waals surface area contributed by atoms with E-state index in [-0.39, 0.29) is 95.2 Å². The molecule has 0 bridgehead atoms. The van der Waals surface area contributed by atoms with Crippen molar-refractivity contribution in [2.45, 2.75) is 104 Å². The molecule has 3 aromatic heterocycles. The van der Waals surface area contributed by atoms with Crippen LogP contribution in [-0.4, -0.2) is 219 Å². The van der Waals surface area contributed by atoms with Crippen LogP contribution in [0.15, 0.2) is 201 Å². The number of imide groups is 2. The number of aromatic amines is 1. The summed E-state index contributed by atoms with van der Waals surface area (Å²) in [6, 6.07) is 49.5. The van der Waals surface area contributed by atoms with Crippen molar-refractivity contribution in [2.75, 3.05) is 122 Å². The normalized spacial score (nSPS) is 16.4. The number of likely N-dealkylation sites (tertiary alicyclic amines) is 1. The highest BCUT2D eigenvalue weighted by Crippen LogP contribution is 2.46. The molecule has 1 saturated carbocycles. The lowest BCUT2D eigenvalue weighted by atomic mass is 9.87. The van der Waals surface area contributed by atoms with E-state index >= 15 is 0 Å². The predicted octanol–water partition coefficient (Wildman–Crippen LogP) is 7.57. The van der Waals surface area contributed by atoms with Crippen LogP contribution < -0.4 is 57.3 Å². The number of hydrogen-bond donors (Lipinski definition) is 8. The molecule has 1 aliphatic carbocycles. The number of hydrogen-bond acceptors (Lipinski definition) is 22. The second-order valence-electron chi connectivity index (χ2n) is 30.9. The van der Waals surface area contributed by atoms with Crippen LogP contribution in [0.1, 0.15) is 80.7 Å². The summed E-state index contributed by atoms with van der Waals surface area (Å²) in [5.41, 5.74) is 4.33. The zero-order chi connectivity index (χ0) is 85.8. The summed E-state index contributed by atoms with van der Waals surface area (Å²) in [6.45, 7) is 4.53. The average molecular weight is 1710 g/mol. The van der Waals surface area contributed by atoms with E-state index in [1.807, 2.05) is 140 Å². The van der Waals surface area contributed by atoms with Crippen molar-refractivity contribution in [2.24, 2.45) is 7.05 Å². The van der Waals surface area contributed by atoms with E-state index in [2.05, 4.69) is 70.8 Å². The van der Waals surface area contributed by atoms with Gasteiger partial charge >= 0.3 is 6.03 Å². The maximum atomic E-state index is 14.0. The molecule has 0 spiro atoms. The number of rotatable bonds is 38. The van der Waals surface area contributed by atoms with Crippen molar-refractivity contribution < 1.29 is 66.8 Å². The number of anilines is 2. The van der Waals surface area contributed by atoms with Crippen LogP contribution in [0.4, 0.5) is 16.4 Å². The number of nitrogens with one attached hydrogen (secondary N) is 8. The molecule has 8 N–H and O–H groups in total. The Balaban J connectivity index is 0.566. The van der Waals surface area contributed by atoms with Crippen LogP contribution in [-0.2, 0) is 76.4 Å². The molecule has 9 aromatic rings. The quantitative estimate of drug-likeness (QED) is 0.00800. The maximum Gasteiger partial charge on any atom is 0.328 e. The number of methoxy groups -OCH3 is 1. The lowest BCUT2D eigenvalue weighted by Gasteiger charge is -2.45.